The quantitative estimate of drug-likeness (QED) is 0.696. The van der Waals surface area contributed by atoms with E-state index in [2.05, 4.69) is 10.0 Å². The van der Waals surface area contributed by atoms with E-state index in [1.165, 1.54) is 24.3 Å². The fourth-order valence-corrected chi connectivity index (χ4v) is 3.39. The largest absolute Gasteiger partial charge is 0.351 e. The summed E-state index contributed by atoms with van der Waals surface area (Å²) in [7, 11) is -3.67. The van der Waals surface area contributed by atoms with Crippen molar-refractivity contribution in [1.82, 2.24) is 10.0 Å². The number of nitrogens with one attached hydrogen (secondary N) is 2. The molecule has 2 rings (SSSR count). The Labute approximate surface area is 153 Å². The molecule has 136 valence electrons. The molecule has 0 heterocycles. The van der Waals surface area contributed by atoms with E-state index in [1.807, 2.05) is 43.3 Å². The first-order chi connectivity index (χ1) is 12.4. The second-order valence-electron chi connectivity index (χ2n) is 5.85. The lowest BCUT2D eigenvalue weighted by atomic mass is 10.0. The summed E-state index contributed by atoms with van der Waals surface area (Å²) in [4.78, 5) is 12.3. The Kier molecular flexibility index (Phi) is 6.89. The normalized spacial score (nSPS) is 12.2. The highest BCUT2D eigenvalue weighted by Crippen LogP contribution is 2.14. The van der Waals surface area contributed by atoms with Gasteiger partial charge in [-0.1, -0.05) is 37.3 Å². The highest BCUT2D eigenvalue weighted by molar-refractivity contribution is 7.89. The van der Waals surface area contributed by atoms with Crippen molar-refractivity contribution in [2.24, 2.45) is 0 Å². The molecule has 0 aromatic heterocycles. The van der Waals surface area contributed by atoms with E-state index in [0.29, 0.717) is 12.1 Å². The van der Waals surface area contributed by atoms with E-state index in [-0.39, 0.29) is 29.7 Å². The number of nitriles is 1. The number of amides is 1. The average molecular weight is 371 g/mol. The topological polar surface area (TPSA) is 99.1 Å². The lowest BCUT2D eigenvalue weighted by Gasteiger charge is -2.13. The van der Waals surface area contributed by atoms with Gasteiger partial charge in [0.15, 0.2) is 0 Å². The van der Waals surface area contributed by atoms with Crippen molar-refractivity contribution in [3.63, 3.8) is 0 Å². The van der Waals surface area contributed by atoms with Crippen LogP contribution in [0.4, 0.5) is 0 Å². The molecule has 0 saturated carbocycles. The zero-order chi connectivity index (χ0) is 19.0. The van der Waals surface area contributed by atoms with Gasteiger partial charge in [0.2, 0.25) is 10.0 Å². The Morgan fingerprint density at radius 2 is 1.77 bits per heavy atom. The van der Waals surface area contributed by atoms with Crippen LogP contribution >= 0.6 is 0 Å². The number of carbonyl (C=O) groups excluding carboxylic acids is 1. The minimum atomic E-state index is -3.67. The van der Waals surface area contributed by atoms with Crippen molar-refractivity contribution in [3.8, 4) is 6.07 Å². The molecule has 0 aliphatic heterocycles. The van der Waals surface area contributed by atoms with Gasteiger partial charge in [-0.3, -0.25) is 4.79 Å². The van der Waals surface area contributed by atoms with Crippen LogP contribution in [0.2, 0.25) is 0 Å². The molecule has 2 N–H and O–H groups in total. The van der Waals surface area contributed by atoms with Gasteiger partial charge in [0.05, 0.1) is 11.0 Å². The number of benzene rings is 2. The highest BCUT2D eigenvalue weighted by atomic mass is 32.2. The zero-order valence-electron chi connectivity index (χ0n) is 14.5. The molecule has 0 radical (unpaired) electrons. The third-order valence-corrected chi connectivity index (χ3v) is 5.37. The second kappa shape index (κ2) is 9.13. The first-order valence-electron chi connectivity index (χ1n) is 8.24. The highest BCUT2D eigenvalue weighted by Gasteiger charge is 2.15. The number of hydrogen-bond donors (Lipinski definition) is 2. The first-order valence-corrected chi connectivity index (χ1v) is 9.72. The van der Waals surface area contributed by atoms with Gasteiger partial charge < -0.3 is 5.32 Å². The van der Waals surface area contributed by atoms with E-state index >= 15 is 0 Å². The summed E-state index contributed by atoms with van der Waals surface area (Å²) >= 11 is 0. The Hall–Kier alpha value is -2.69. The molecular weight excluding hydrogens is 350 g/mol. The number of rotatable bonds is 8. The monoisotopic (exact) mass is 371 g/mol. The summed E-state index contributed by atoms with van der Waals surface area (Å²) in [6.07, 6.45) is 0.0965. The van der Waals surface area contributed by atoms with Gasteiger partial charge in [-0.05, 0) is 35.7 Å². The molecule has 26 heavy (non-hydrogen) atoms. The average Bonchev–Trinajstić information content (AvgIpc) is 2.66. The first kappa shape index (κ1) is 19.6. The van der Waals surface area contributed by atoms with Crippen molar-refractivity contribution >= 4 is 15.9 Å². The maximum absolute atomic E-state index is 12.2. The van der Waals surface area contributed by atoms with Gasteiger partial charge in [-0.15, -0.1) is 0 Å². The Balaban J connectivity index is 1.95. The van der Waals surface area contributed by atoms with Crippen molar-refractivity contribution in [3.05, 3.63) is 65.7 Å². The van der Waals surface area contributed by atoms with Crippen LogP contribution in [-0.4, -0.2) is 27.4 Å². The standard InChI is InChI=1S/C19H21N3O3S/c1-15(16-6-3-2-4-7-16)14-21-19(23)17-8-10-18(11-9-17)26(24,25)22-13-5-12-20/h2-4,6-11,15,22H,5,13-14H2,1H3,(H,21,23)/t15-/m0/s1. The maximum atomic E-state index is 12.2. The van der Waals surface area contributed by atoms with E-state index in [4.69, 9.17) is 5.26 Å². The molecule has 0 bridgehead atoms. The summed E-state index contributed by atoms with van der Waals surface area (Å²) in [6.45, 7) is 2.56. The van der Waals surface area contributed by atoms with Crippen LogP contribution in [0, 0.1) is 11.3 Å². The Bertz CT molecular complexity index is 872. The zero-order valence-corrected chi connectivity index (χ0v) is 15.3. The lowest BCUT2D eigenvalue weighted by Crippen LogP contribution is -2.28. The molecule has 2 aromatic rings. The lowest BCUT2D eigenvalue weighted by molar-refractivity contribution is 0.0951. The third-order valence-electron chi connectivity index (χ3n) is 3.89. The molecule has 0 fully saturated rings. The molecular formula is C19H21N3O3S. The minimum absolute atomic E-state index is 0.0540. The van der Waals surface area contributed by atoms with Gasteiger partial charge >= 0.3 is 0 Å². The molecule has 7 heteroatoms. The second-order valence-corrected chi connectivity index (χ2v) is 7.62. The molecule has 1 atom stereocenters. The van der Waals surface area contributed by atoms with E-state index < -0.39 is 10.0 Å². The third kappa shape index (κ3) is 5.41. The summed E-state index contributed by atoms with van der Waals surface area (Å²) in [5.74, 6) is -0.0849. The van der Waals surface area contributed by atoms with E-state index in [0.717, 1.165) is 5.56 Å². The smallest absolute Gasteiger partial charge is 0.251 e. The predicted molar refractivity (Wildman–Crippen MR) is 99.1 cm³/mol. The van der Waals surface area contributed by atoms with Crippen LogP contribution in [0.5, 0.6) is 0 Å². The van der Waals surface area contributed by atoms with Crippen LogP contribution in [0.3, 0.4) is 0 Å². The van der Waals surface area contributed by atoms with Crippen molar-refractivity contribution in [1.29, 1.82) is 5.26 Å². The van der Waals surface area contributed by atoms with Gasteiger partial charge in [0, 0.05) is 25.1 Å². The molecule has 2 aromatic carbocycles. The molecule has 0 aliphatic rings. The van der Waals surface area contributed by atoms with Gasteiger partial charge in [-0.2, -0.15) is 5.26 Å². The number of hydrogen-bond acceptors (Lipinski definition) is 4. The van der Waals surface area contributed by atoms with Crippen molar-refractivity contribution < 1.29 is 13.2 Å². The van der Waals surface area contributed by atoms with Crippen LogP contribution in [0.15, 0.2) is 59.5 Å². The maximum Gasteiger partial charge on any atom is 0.251 e. The molecule has 0 aliphatic carbocycles. The van der Waals surface area contributed by atoms with Gasteiger partial charge in [0.25, 0.3) is 5.91 Å². The van der Waals surface area contributed by atoms with Gasteiger partial charge in [-0.25, -0.2) is 13.1 Å². The Morgan fingerprint density at radius 1 is 1.12 bits per heavy atom. The van der Waals surface area contributed by atoms with Crippen LogP contribution in [0.25, 0.3) is 0 Å². The number of sulfonamides is 1. The molecule has 1 amide bonds. The summed E-state index contributed by atoms with van der Waals surface area (Å²) in [6, 6.07) is 17.5. The predicted octanol–water partition coefficient (Wildman–Crippen LogP) is 2.41. The minimum Gasteiger partial charge on any atom is -0.351 e. The molecule has 6 nitrogen and oxygen atoms in total. The van der Waals surface area contributed by atoms with Crippen LogP contribution in [0.1, 0.15) is 35.2 Å². The van der Waals surface area contributed by atoms with Gasteiger partial charge in [0.1, 0.15) is 0 Å². The fraction of sp³-hybridized carbons (Fsp3) is 0.263. The molecule has 0 spiro atoms. The number of carbonyl (C=O) groups is 1. The van der Waals surface area contributed by atoms with Crippen LogP contribution in [-0.2, 0) is 10.0 Å². The van der Waals surface area contributed by atoms with Crippen molar-refractivity contribution in [2.75, 3.05) is 13.1 Å². The summed E-state index contributed by atoms with van der Waals surface area (Å²) in [5, 5.41) is 11.3. The SMILES string of the molecule is C[C@@H](CNC(=O)c1ccc(S(=O)(=O)NCCC#N)cc1)c1ccccc1. The summed E-state index contributed by atoms with van der Waals surface area (Å²) < 4.78 is 26.4. The fourth-order valence-electron chi connectivity index (χ4n) is 2.36. The molecule has 0 unspecified atom stereocenters. The van der Waals surface area contributed by atoms with E-state index in [9.17, 15) is 13.2 Å². The summed E-state index contributed by atoms with van der Waals surface area (Å²) in [5.41, 5.74) is 1.53. The molecule has 0 saturated heterocycles. The Morgan fingerprint density at radius 3 is 2.38 bits per heavy atom. The van der Waals surface area contributed by atoms with Crippen LogP contribution < -0.4 is 10.0 Å². The number of nitrogens with zero attached hydrogens (tertiary/aromatic N) is 1. The van der Waals surface area contributed by atoms with E-state index in [1.54, 1.807) is 0 Å². The van der Waals surface area contributed by atoms with Crippen molar-refractivity contribution in [2.45, 2.75) is 24.2 Å².